The largest absolute Gasteiger partial charge is 0.332 e. The van der Waals surface area contributed by atoms with Gasteiger partial charge in [0.2, 0.25) is 0 Å². The van der Waals surface area contributed by atoms with E-state index in [2.05, 4.69) is 20.5 Å². The van der Waals surface area contributed by atoms with Gasteiger partial charge >= 0.3 is 6.03 Å². The first kappa shape index (κ1) is 12.7. The second kappa shape index (κ2) is 5.73. The van der Waals surface area contributed by atoms with Crippen LogP contribution in [0.1, 0.15) is 30.1 Å². The summed E-state index contributed by atoms with van der Waals surface area (Å²) in [4.78, 5) is 18.2. The van der Waals surface area contributed by atoms with Crippen LogP contribution in [0, 0.1) is 0 Å². The topological polar surface area (TPSA) is 73.9 Å². The Labute approximate surface area is 117 Å². The van der Waals surface area contributed by atoms with Gasteiger partial charge in [0, 0.05) is 25.1 Å². The molecule has 1 atom stereocenters. The highest BCUT2D eigenvalue weighted by Crippen LogP contribution is 2.31. The SMILES string of the molecule is O=C(NCc1ccn[nH]1)N1CCCC1c1ccncc1. The molecule has 0 spiro atoms. The van der Waals surface area contributed by atoms with E-state index in [9.17, 15) is 4.79 Å². The van der Waals surface area contributed by atoms with E-state index in [1.165, 1.54) is 0 Å². The van der Waals surface area contributed by atoms with Gasteiger partial charge in [0.05, 0.1) is 18.3 Å². The number of pyridine rings is 1. The first-order chi connectivity index (χ1) is 9.84. The Morgan fingerprint density at radius 3 is 2.95 bits per heavy atom. The maximum atomic E-state index is 12.3. The minimum absolute atomic E-state index is 0.0288. The van der Waals surface area contributed by atoms with E-state index in [0.717, 1.165) is 30.6 Å². The Kier molecular flexibility index (Phi) is 3.62. The predicted molar refractivity (Wildman–Crippen MR) is 73.7 cm³/mol. The zero-order valence-corrected chi connectivity index (χ0v) is 11.1. The molecule has 6 nitrogen and oxygen atoms in total. The van der Waals surface area contributed by atoms with E-state index >= 15 is 0 Å². The van der Waals surface area contributed by atoms with E-state index in [1.807, 2.05) is 23.1 Å². The average Bonchev–Trinajstić information content (AvgIpc) is 3.17. The maximum Gasteiger partial charge on any atom is 0.318 e. The molecule has 0 saturated carbocycles. The molecule has 2 amide bonds. The molecule has 20 heavy (non-hydrogen) atoms. The van der Waals surface area contributed by atoms with Crippen molar-refractivity contribution in [3.8, 4) is 0 Å². The second-order valence-electron chi connectivity index (χ2n) is 4.87. The van der Waals surface area contributed by atoms with Crippen LogP contribution in [0.4, 0.5) is 4.79 Å². The van der Waals surface area contributed by atoms with Crippen molar-refractivity contribution in [1.82, 2.24) is 25.4 Å². The Morgan fingerprint density at radius 1 is 1.35 bits per heavy atom. The van der Waals surface area contributed by atoms with Crippen LogP contribution in [0.5, 0.6) is 0 Å². The van der Waals surface area contributed by atoms with E-state index in [0.29, 0.717) is 6.54 Å². The molecular weight excluding hydrogens is 254 g/mol. The number of likely N-dealkylation sites (tertiary alicyclic amines) is 1. The van der Waals surface area contributed by atoms with Crippen molar-refractivity contribution in [1.29, 1.82) is 0 Å². The van der Waals surface area contributed by atoms with E-state index < -0.39 is 0 Å². The van der Waals surface area contributed by atoms with Crippen molar-refractivity contribution in [3.63, 3.8) is 0 Å². The number of urea groups is 1. The molecule has 1 fully saturated rings. The number of H-pyrrole nitrogens is 1. The summed E-state index contributed by atoms with van der Waals surface area (Å²) in [7, 11) is 0. The molecule has 1 aliphatic heterocycles. The fraction of sp³-hybridized carbons (Fsp3) is 0.357. The van der Waals surface area contributed by atoms with Crippen molar-refractivity contribution in [2.45, 2.75) is 25.4 Å². The number of carbonyl (C=O) groups is 1. The number of amides is 2. The molecule has 1 unspecified atom stereocenters. The van der Waals surface area contributed by atoms with Crippen LogP contribution >= 0.6 is 0 Å². The monoisotopic (exact) mass is 271 g/mol. The molecule has 2 N–H and O–H groups in total. The maximum absolute atomic E-state index is 12.3. The number of hydrogen-bond acceptors (Lipinski definition) is 3. The molecule has 2 aromatic heterocycles. The highest BCUT2D eigenvalue weighted by molar-refractivity contribution is 5.75. The predicted octanol–water partition coefficient (Wildman–Crippen LogP) is 1.85. The number of rotatable bonds is 3. The lowest BCUT2D eigenvalue weighted by molar-refractivity contribution is 0.192. The molecule has 1 aliphatic rings. The summed E-state index contributed by atoms with van der Waals surface area (Å²) >= 11 is 0. The molecule has 104 valence electrons. The Hall–Kier alpha value is -2.37. The van der Waals surface area contributed by atoms with Gasteiger partial charge in [0.1, 0.15) is 0 Å². The highest BCUT2D eigenvalue weighted by atomic mass is 16.2. The van der Waals surface area contributed by atoms with Crippen molar-refractivity contribution >= 4 is 6.03 Å². The summed E-state index contributed by atoms with van der Waals surface area (Å²) in [6.45, 7) is 1.26. The number of hydrogen-bond donors (Lipinski definition) is 2. The van der Waals surface area contributed by atoms with Gasteiger partial charge in [-0.2, -0.15) is 5.10 Å². The Morgan fingerprint density at radius 2 is 2.20 bits per heavy atom. The van der Waals surface area contributed by atoms with Gasteiger partial charge in [-0.05, 0) is 36.6 Å². The van der Waals surface area contributed by atoms with Crippen molar-refractivity contribution in [2.75, 3.05) is 6.54 Å². The second-order valence-corrected chi connectivity index (χ2v) is 4.87. The van der Waals surface area contributed by atoms with Gasteiger partial charge in [-0.3, -0.25) is 10.1 Å². The third-order valence-corrected chi connectivity index (χ3v) is 3.59. The molecule has 0 aromatic carbocycles. The fourth-order valence-electron chi connectivity index (χ4n) is 2.60. The van der Waals surface area contributed by atoms with Crippen molar-refractivity contribution < 1.29 is 4.79 Å². The summed E-state index contributed by atoms with van der Waals surface area (Å²) in [6.07, 6.45) is 7.26. The lowest BCUT2D eigenvalue weighted by atomic mass is 10.1. The van der Waals surface area contributed by atoms with Crippen molar-refractivity contribution in [2.24, 2.45) is 0 Å². The standard InChI is InChI=1S/C14H17N5O/c20-14(16-10-12-5-8-17-18-12)19-9-1-2-13(19)11-3-6-15-7-4-11/h3-8,13H,1-2,9-10H2,(H,16,20)(H,17,18). The first-order valence-corrected chi connectivity index (χ1v) is 6.77. The van der Waals surface area contributed by atoms with Crippen molar-refractivity contribution in [3.05, 3.63) is 48.0 Å². The molecule has 0 radical (unpaired) electrons. The molecule has 2 aromatic rings. The fourth-order valence-corrected chi connectivity index (χ4v) is 2.60. The smallest absolute Gasteiger partial charge is 0.318 e. The van der Waals surface area contributed by atoms with Gasteiger partial charge in [0.25, 0.3) is 0 Å². The number of carbonyl (C=O) groups excluding carboxylic acids is 1. The molecule has 1 saturated heterocycles. The summed E-state index contributed by atoms with van der Waals surface area (Å²) in [6, 6.07) is 5.93. The lowest BCUT2D eigenvalue weighted by Gasteiger charge is -2.25. The van der Waals surface area contributed by atoms with E-state index in [-0.39, 0.29) is 12.1 Å². The minimum Gasteiger partial charge on any atom is -0.332 e. The third kappa shape index (κ3) is 2.64. The Balaban J connectivity index is 1.64. The summed E-state index contributed by atoms with van der Waals surface area (Å²) < 4.78 is 0. The van der Waals surface area contributed by atoms with Crippen LogP contribution in [0.25, 0.3) is 0 Å². The van der Waals surface area contributed by atoms with Crippen LogP contribution in [0.3, 0.4) is 0 Å². The van der Waals surface area contributed by atoms with E-state index in [4.69, 9.17) is 0 Å². The molecule has 0 aliphatic carbocycles. The molecule has 6 heteroatoms. The normalized spacial score (nSPS) is 18.2. The third-order valence-electron chi connectivity index (χ3n) is 3.59. The lowest BCUT2D eigenvalue weighted by Crippen LogP contribution is -2.39. The molecule has 3 heterocycles. The number of nitrogens with one attached hydrogen (secondary N) is 2. The average molecular weight is 271 g/mol. The quantitative estimate of drug-likeness (QED) is 0.894. The molecule has 3 rings (SSSR count). The van der Waals surface area contributed by atoms with Gasteiger partial charge < -0.3 is 10.2 Å². The molecule has 0 bridgehead atoms. The number of aromatic amines is 1. The van der Waals surface area contributed by atoms with E-state index in [1.54, 1.807) is 18.6 Å². The number of nitrogens with zero attached hydrogens (tertiary/aromatic N) is 3. The van der Waals surface area contributed by atoms with Crippen LogP contribution in [0.2, 0.25) is 0 Å². The minimum atomic E-state index is -0.0288. The number of aromatic nitrogens is 3. The first-order valence-electron chi connectivity index (χ1n) is 6.77. The van der Waals surface area contributed by atoms with Gasteiger partial charge in [-0.1, -0.05) is 0 Å². The van der Waals surface area contributed by atoms with Gasteiger partial charge in [-0.15, -0.1) is 0 Å². The zero-order valence-electron chi connectivity index (χ0n) is 11.1. The Bertz CT molecular complexity index is 554. The highest BCUT2D eigenvalue weighted by Gasteiger charge is 2.29. The van der Waals surface area contributed by atoms with Gasteiger partial charge in [-0.25, -0.2) is 4.79 Å². The van der Waals surface area contributed by atoms with Crippen LogP contribution in [-0.2, 0) is 6.54 Å². The summed E-state index contributed by atoms with van der Waals surface area (Å²) in [5.41, 5.74) is 2.05. The summed E-state index contributed by atoms with van der Waals surface area (Å²) in [5, 5.41) is 9.62. The van der Waals surface area contributed by atoms with Crippen LogP contribution in [0.15, 0.2) is 36.8 Å². The zero-order chi connectivity index (χ0) is 13.8. The summed E-state index contributed by atoms with van der Waals surface area (Å²) in [5.74, 6) is 0. The van der Waals surface area contributed by atoms with Gasteiger partial charge in [0.15, 0.2) is 0 Å². The van der Waals surface area contributed by atoms with Crippen LogP contribution < -0.4 is 5.32 Å². The van der Waals surface area contributed by atoms with Crippen LogP contribution in [-0.4, -0.2) is 32.7 Å². The molecular formula is C14H17N5O.